The molecule has 0 amide bonds. The van der Waals surface area contributed by atoms with Crippen molar-refractivity contribution in [3.63, 3.8) is 0 Å². The van der Waals surface area contributed by atoms with Crippen LogP contribution in [0, 0.1) is 4.91 Å². The van der Waals surface area contributed by atoms with Gasteiger partial charge < -0.3 is 5.73 Å². The fraction of sp³-hybridized carbons (Fsp3) is 0.500. The smallest absolute Gasteiger partial charge is 0.189 e. The summed E-state index contributed by atoms with van der Waals surface area (Å²) in [6.07, 6.45) is 0. The van der Waals surface area contributed by atoms with Crippen LogP contribution in [-0.2, 0) is 0 Å². The van der Waals surface area contributed by atoms with Gasteiger partial charge in [0, 0.05) is 7.05 Å². The van der Waals surface area contributed by atoms with E-state index in [1.807, 2.05) is 0 Å². The van der Waals surface area contributed by atoms with E-state index in [9.17, 15) is 4.91 Å². The van der Waals surface area contributed by atoms with Crippen molar-refractivity contribution < 1.29 is 0 Å². The Kier molecular flexibility index (Phi) is 2.21. The lowest BCUT2D eigenvalue weighted by molar-refractivity contribution is 0.541. The summed E-state index contributed by atoms with van der Waals surface area (Å²) in [5.74, 6) is 0. The van der Waals surface area contributed by atoms with Crippen LogP contribution in [0.1, 0.15) is 0 Å². The van der Waals surface area contributed by atoms with Crippen LogP contribution in [0.25, 0.3) is 0 Å². The van der Waals surface area contributed by atoms with Crippen LogP contribution >= 0.6 is 12.2 Å². The predicted octanol–water partition coefficient (Wildman–Crippen LogP) is -0.157. The van der Waals surface area contributed by atoms with E-state index < -0.39 is 0 Å². The molecule has 4 nitrogen and oxygen atoms in total. The third-order valence-electron chi connectivity index (χ3n) is 0.441. The Morgan fingerprint density at radius 3 is 2.43 bits per heavy atom. The van der Waals surface area contributed by atoms with Crippen LogP contribution in [0.3, 0.4) is 0 Å². The average Bonchev–Trinajstić information content (AvgIpc) is 1.65. The highest BCUT2D eigenvalue weighted by atomic mass is 32.1. The van der Waals surface area contributed by atoms with Crippen LogP contribution in [0.5, 0.6) is 0 Å². The van der Waals surface area contributed by atoms with Gasteiger partial charge in [0.15, 0.2) is 5.11 Å². The molecule has 0 unspecified atom stereocenters. The molecule has 0 fully saturated rings. The molecule has 0 saturated heterocycles. The van der Waals surface area contributed by atoms with E-state index in [1.54, 1.807) is 0 Å². The first-order chi connectivity index (χ1) is 3.18. The van der Waals surface area contributed by atoms with Gasteiger partial charge in [0.1, 0.15) is 0 Å². The molecule has 0 saturated carbocycles. The molecule has 0 spiro atoms. The number of hydrogen-bond donors (Lipinski definition) is 1. The number of nitrogens with zero attached hydrogens (tertiary/aromatic N) is 2. The van der Waals surface area contributed by atoms with Gasteiger partial charge >= 0.3 is 0 Å². The molecular formula is C2H5N3OS. The fourth-order valence-electron chi connectivity index (χ4n) is 0.0402. The van der Waals surface area contributed by atoms with E-state index in [2.05, 4.69) is 17.5 Å². The highest BCUT2D eigenvalue weighted by Crippen LogP contribution is 1.77. The third kappa shape index (κ3) is 2.05. The number of nitrogens with two attached hydrogens (primary N) is 1. The Balaban J connectivity index is 3.55. The van der Waals surface area contributed by atoms with E-state index in [0.29, 0.717) is 0 Å². The summed E-state index contributed by atoms with van der Waals surface area (Å²) in [4.78, 5) is 9.45. The lowest BCUT2D eigenvalue weighted by Crippen LogP contribution is -2.26. The largest absolute Gasteiger partial charge is 0.375 e. The summed E-state index contributed by atoms with van der Waals surface area (Å²) in [6, 6.07) is 0. The van der Waals surface area contributed by atoms with Crippen molar-refractivity contribution in [2.24, 2.45) is 11.0 Å². The first-order valence-electron chi connectivity index (χ1n) is 1.55. The average molecular weight is 119 g/mol. The van der Waals surface area contributed by atoms with Gasteiger partial charge in [-0.05, 0) is 12.2 Å². The van der Waals surface area contributed by atoms with Crippen molar-refractivity contribution in [3.8, 4) is 0 Å². The highest BCUT2D eigenvalue weighted by molar-refractivity contribution is 7.80. The summed E-state index contributed by atoms with van der Waals surface area (Å²) in [5.41, 5.74) is 4.91. The molecule has 0 atom stereocenters. The van der Waals surface area contributed by atoms with Crippen molar-refractivity contribution in [2.75, 3.05) is 7.05 Å². The molecule has 2 N–H and O–H groups in total. The summed E-state index contributed by atoms with van der Waals surface area (Å²) in [6.45, 7) is 0. The van der Waals surface area contributed by atoms with Crippen LogP contribution in [-0.4, -0.2) is 17.2 Å². The third-order valence-corrected chi connectivity index (χ3v) is 0.706. The fourth-order valence-corrected chi connectivity index (χ4v) is 0.0736. The lowest BCUT2D eigenvalue weighted by Gasteiger charge is -2.00. The predicted molar refractivity (Wildman–Crippen MR) is 30.3 cm³/mol. The van der Waals surface area contributed by atoms with Crippen molar-refractivity contribution in [2.45, 2.75) is 0 Å². The van der Waals surface area contributed by atoms with Crippen LogP contribution in [0.4, 0.5) is 0 Å². The first-order valence-corrected chi connectivity index (χ1v) is 1.95. The maximum atomic E-state index is 9.45. The molecule has 0 rings (SSSR count). The standard InChI is InChI=1S/C2H5N3OS/c1-5(4-6)2(3)7/h1H3,(H2,3,7). The zero-order valence-corrected chi connectivity index (χ0v) is 4.60. The van der Waals surface area contributed by atoms with Crippen LogP contribution < -0.4 is 5.73 Å². The molecule has 40 valence electrons. The maximum absolute atomic E-state index is 9.45. The minimum absolute atomic E-state index is 0.0185. The molecule has 0 aliphatic rings. The van der Waals surface area contributed by atoms with Crippen molar-refractivity contribution in [3.05, 3.63) is 4.91 Å². The van der Waals surface area contributed by atoms with Crippen molar-refractivity contribution >= 4 is 17.3 Å². The Hall–Kier alpha value is -0.710. The van der Waals surface area contributed by atoms with Gasteiger partial charge in [0.25, 0.3) is 0 Å². The van der Waals surface area contributed by atoms with E-state index >= 15 is 0 Å². The number of rotatable bonds is 1. The first kappa shape index (κ1) is 6.29. The number of nitroso groups, excluding NO2 is 1. The molecule has 0 aromatic rings. The summed E-state index contributed by atoms with van der Waals surface area (Å²) in [7, 11) is 1.38. The molecule has 0 bridgehead atoms. The monoisotopic (exact) mass is 119 g/mol. The molecule has 0 heterocycles. The van der Waals surface area contributed by atoms with E-state index in [0.717, 1.165) is 5.01 Å². The van der Waals surface area contributed by atoms with Crippen molar-refractivity contribution in [1.82, 2.24) is 5.01 Å². The second-order valence-electron chi connectivity index (χ2n) is 0.943. The maximum Gasteiger partial charge on any atom is 0.189 e. The summed E-state index contributed by atoms with van der Waals surface area (Å²) >= 11 is 4.33. The minimum atomic E-state index is -0.0185. The zero-order valence-electron chi connectivity index (χ0n) is 3.79. The summed E-state index contributed by atoms with van der Waals surface area (Å²) < 4.78 is 0. The van der Waals surface area contributed by atoms with Crippen LogP contribution in [0.15, 0.2) is 5.29 Å². The molecule has 0 aromatic heterocycles. The van der Waals surface area contributed by atoms with Gasteiger partial charge in [-0.2, -0.15) is 0 Å². The number of hydrogen-bond acceptors (Lipinski definition) is 3. The molecular weight excluding hydrogens is 114 g/mol. The van der Waals surface area contributed by atoms with E-state index in [4.69, 9.17) is 5.73 Å². The van der Waals surface area contributed by atoms with Gasteiger partial charge in [0.05, 0.1) is 5.29 Å². The van der Waals surface area contributed by atoms with Gasteiger partial charge in [-0.3, -0.25) is 0 Å². The minimum Gasteiger partial charge on any atom is -0.375 e. The SMILES string of the molecule is CN(N=O)C(N)=S. The van der Waals surface area contributed by atoms with Gasteiger partial charge in [0.2, 0.25) is 0 Å². The van der Waals surface area contributed by atoms with Gasteiger partial charge in [-0.25, -0.2) is 5.01 Å². The van der Waals surface area contributed by atoms with Crippen LogP contribution in [0.2, 0.25) is 0 Å². The van der Waals surface area contributed by atoms with E-state index in [-0.39, 0.29) is 5.11 Å². The molecule has 0 aliphatic heterocycles. The molecule has 0 aromatic carbocycles. The number of thiocarbonyl (C=S) groups is 1. The molecule has 5 heteroatoms. The second-order valence-corrected chi connectivity index (χ2v) is 1.36. The van der Waals surface area contributed by atoms with Gasteiger partial charge in [-0.1, -0.05) is 0 Å². The zero-order chi connectivity index (χ0) is 5.86. The Morgan fingerprint density at radius 1 is 2.00 bits per heavy atom. The van der Waals surface area contributed by atoms with E-state index in [1.165, 1.54) is 7.05 Å². The summed E-state index contributed by atoms with van der Waals surface area (Å²) in [5, 5.41) is 3.26. The van der Waals surface area contributed by atoms with Gasteiger partial charge in [-0.15, -0.1) is 4.91 Å². The topological polar surface area (TPSA) is 58.7 Å². The molecule has 0 radical (unpaired) electrons. The van der Waals surface area contributed by atoms with Crippen molar-refractivity contribution in [1.29, 1.82) is 0 Å². The molecule has 0 aliphatic carbocycles. The molecule has 7 heavy (non-hydrogen) atoms. The Morgan fingerprint density at radius 2 is 2.43 bits per heavy atom. The lowest BCUT2D eigenvalue weighted by atomic mass is 11.0. The Labute approximate surface area is 46.2 Å². The quantitative estimate of drug-likeness (QED) is 0.296. The Bertz CT molecular complexity index is 92.9. The normalized spacial score (nSPS) is 7.57. The second kappa shape index (κ2) is 2.46. The highest BCUT2D eigenvalue weighted by Gasteiger charge is 1.92.